The Hall–Kier alpha value is -4.42. The molecule has 2 saturated heterocycles. The number of hydrogen-bond donors (Lipinski definition) is 3. The molecule has 69 heavy (non-hydrogen) atoms. The van der Waals surface area contributed by atoms with E-state index in [0.29, 0.717) is 4.90 Å². The molecule has 5 atom stereocenters. The molecule has 0 aromatic heterocycles. The van der Waals surface area contributed by atoms with Crippen molar-refractivity contribution in [2.24, 2.45) is 0 Å². The summed E-state index contributed by atoms with van der Waals surface area (Å²) in [6, 6.07) is 9.04. The summed E-state index contributed by atoms with van der Waals surface area (Å²) in [5, 5.41) is 25.6. The number of carbonyl (C=O) groups is 14. The second-order valence-electron chi connectivity index (χ2n) is 14.9. The molecule has 1 aromatic rings. The van der Waals surface area contributed by atoms with E-state index in [2.05, 4.69) is 32.6 Å². The van der Waals surface area contributed by atoms with E-state index < -0.39 is 91.0 Å². The van der Waals surface area contributed by atoms with Crippen molar-refractivity contribution in [3.63, 3.8) is 0 Å². The van der Waals surface area contributed by atoms with Gasteiger partial charge >= 0.3 is 24.0 Å². The number of ether oxygens (including phenoxy) is 1. The predicted molar refractivity (Wildman–Crippen MR) is 240 cm³/mol. The summed E-state index contributed by atoms with van der Waals surface area (Å²) in [5.41, 5.74) is -1.02. The van der Waals surface area contributed by atoms with Crippen molar-refractivity contribution in [1.82, 2.24) is 29.4 Å². The standard InChI is InChI=1S/C18H25N2O6P.C6H8NO4P.C6H5NO4.C5H7NO2P.C5H4NO2.2Y/c1-18(2,3)26-17(25)20(11-15(22)23)10-14(21)19(12-16(24)27)9-13-7-5-4-6-8-13;8-4-1-3(12)6(11)7(4)2-5(9)10;8-4-1-2-5(9)7(4)3-6(10)11;1-6-4(7)2-3(9)5(6)8;1-6-4(7)2-3-5(6)8;;/h4-8H,9-12,27H2,1-3H3,(H,22,23);3H,1-2,12H2,(H,9,10);1-2H,3H2,(H,10,11);3H,1-2,9H2;2-3H,1H2;;/q;;;2*-1;;. The van der Waals surface area contributed by atoms with Crippen LogP contribution in [0.3, 0.4) is 0 Å². The molecule has 4 aliphatic rings. The number of rotatable bonds is 12. The van der Waals surface area contributed by atoms with Gasteiger partial charge in [0, 0.05) is 109 Å². The summed E-state index contributed by atoms with van der Waals surface area (Å²) < 4.78 is 5.16. The number of amides is 10. The third kappa shape index (κ3) is 24.8. The van der Waals surface area contributed by atoms with E-state index in [1.54, 1.807) is 45.0 Å². The summed E-state index contributed by atoms with van der Waals surface area (Å²) in [6.07, 6.45) is 3.94. The molecule has 3 N–H and O–H groups in total. The molecule has 29 heteroatoms. The third-order valence-electron chi connectivity index (χ3n) is 8.17. The Morgan fingerprint density at radius 3 is 1.42 bits per heavy atom. The first-order chi connectivity index (χ1) is 30.9. The normalized spacial score (nSPS) is 16.6. The molecule has 10 amide bonds. The summed E-state index contributed by atoms with van der Waals surface area (Å²) in [6.45, 7) is 2.62. The number of aliphatic carboxylic acids is 3. The molecule has 4 aliphatic heterocycles. The Morgan fingerprint density at radius 2 is 1.09 bits per heavy atom. The Kier molecular flexibility index (Phi) is 30.7. The van der Waals surface area contributed by atoms with E-state index in [1.807, 2.05) is 15.3 Å². The fourth-order valence-electron chi connectivity index (χ4n) is 5.03. The number of carboxylic acid groups (broad SMARTS) is 3. The minimum absolute atomic E-state index is 0. The Balaban J connectivity index is 0. The largest absolute Gasteiger partial charge is 0.480 e. The number of benzene rings is 1. The third-order valence-corrected chi connectivity index (χ3v) is 9.39. The van der Waals surface area contributed by atoms with E-state index in [-0.39, 0.29) is 126 Å². The molecular weight excluding hydrogens is 1120 g/mol. The minimum atomic E-state index is -1.27. The van der Waals surface area contributed by atoms with E-state index in [1.165, 1.54) is 17.1 Å². The second kappa shape index (κ2) is 31.7. The molecule has 370 valence electrons. The summed E-state index contributed by atoms with van der Waals surface area (Å²) in [5.74, 6) is -7.28. The van der Waals surface area contributed by atoms with Gasteiger partial charge < -0.3 is 34.8 Å². The molecule has 2 radical (unpaired) electrons. The van der Waals surface area contributed by atoms with Crippen molar-refractivity contribution in [3.05, 3.63) is 74.3 Å². The molecule has 5 unspecified atom stereocenters. The van der Waals surface area contributed by atoms with Crippen molar-refractivity contribution in [3.8, 4) is 0 Å². The van der Waals surface area contributed by atoms with E-state index >= 15 is 0 Å². The van der Waals surface area contributed by atoms with Crippen LogP contribution < -0.4 is 0 Å². The zero-order chi connectivity index (χ0) is 51.5. The Bertz CT molecular complexity index is 2170. The molecule has 2 fully saturated rings. The van der Waals surface area contributed by atoms with Crippen molar-refractivity contribution in [1.29, 1.82) is 0 Å². The van der Waals surface area contributed by atoms with Crippen LogP contribution in [0.2, 0.25) is 0 Å². The molecule has 5 rings (SSSR count). The zero-order valence-corrected chi connectivity index (χ0v) is 46.6. The first-order valence-corrected chi connectivity index (χ1v) is 21.0. The van der Waals surface area contributed by atoms with Gasteiger partial charge in [0.2, 0.25) is 41.4 Å². The van der Waals surface area contributed by atoms with Gasteiger partial charge in [0.05, 0.1) is 17.9 Å². The van der Waals surface area contributed by atoms with E-state index in [9.17, 15) is 67.1 Å². The molecule has 1 aromatic carbocycles. The smallest absolute Gasteiger partial charge is 0.411 e. The number of hydrogen-bond acceptors (Lipinski definition) is 15. The number of nitrogens with zero attached hydrogens (tertiary/aromatic N) is 6. The van der Waals surface area contributed by atoms with Gasteiger partial charge in [-0.2, -0.15) is 0 Å². The predicted octanol–water partition coefficient (Wildman–Crippen LogP) is -0.713. The van der Waals surface area contributed by atoms with Gasteiger partial charge in [0.1, 0.15) is 31.8 Å². The molecule has 24 nitrogen and oxygen atoms in total. The topological polar surface area (TPSA) is 328 Å². The van der Waals surface area contributed by atoms with Gasteiger partial charge in [-0.25, -0.2) is 18.9 Å². The number of imide groups is 4. The molecular formula is C40H49N6O18P3Y2-2. The van der Waals surface area contributed by atoms with Gasteiger partial charge in [0.15, 0.2) is 5.52 Å². The quantitative estimate of drug-likeness (QED) is 0.132. The van der Waals surface area contributed by atoms with Crippen LogP contribution in [0, 0.1) is 14.1 Å². The fraction of sp³-hybridized carbons (Fsp3) is 0.350. The van der Waals surface area contributed by atoms with Crippen LogP contribution in [-0.4, -0.2) is 177 Å². The van der Waals surface area contributed by atoms with Crippen molar-refractivity contribution >= 4 is 110 Å². The van der Waals surface area contributed by atoms with Gasteiger partial charge in [-0.3, -0.25) is 77.0 Å². The van der Waals surface area contributed by atoms with Crippen LogP contribution in [-0.2, 0) is 139 Å². The van der Waals surface area contributed by atoms with Gasteiger partial charge in [-0.05, 0) is 26.3 Å². The van der Waals surface area contributed by atoms with Crippen LogP contribution in [0.1, 0.15) is 39.2 Å². The first-order valence-electron chi connectivity index (χ1n) is 19.1. The van der Waals surface area contributed by atoms with Crippen molar-refractivity contribution in [2.75, 3.05) is 32.7 Å². The first kappa shape index (κ1) is 66.7. The molecule has 0 saturated carbocycles. The van der Waals surface area contributed by atoms with Gasteiger partial charge in [0.25, 0.3) is 11.8 Å². The van der Waals surface area contributed by atoms with Crippen LogP contribution in [0.15, 0.2) is 54.6 Å². The van der Waals surface area contributed by atoms with Crippen LogP contribution in [0.4, 0.5) is 4.79 Å². The maximum atomic E-state index is 12.7. The molecule has 0 bridgehead atoms. The SMILES string of the molecule is CC(C)(C)OC(=O)N(CC(=O)O)CC(=O)N(CC(=O)P)Cc1ccccc1.O=C(O)CN1C(=O)C=CC1=O.O=C(O)CN1C(=O)CC(P)C1=O.[CH2-]N1C(=O)C=CC1=O.[CH2-]N1C(=O)CC(P)C1=O.[Y].[Y]. The zero-order valence-electron chi connectivity index (χ0n) is 37.5. The van der Waals surface area contributed by atoms with Crippen LogP contribution in [0.25, 0.3) is 0 Å². The summed E-state index contributed by atoms with van der Waals surface area (Å²) >= 11 is 0. The number of carbonyl (C=O) groups excluding carboxylic acids is 11. The van der Waals surface area contributed by atoms with Gasteiger partial charge in [-0.1, -0.05) is 39.6 Å². The summed E-state index contributed by atoms with van der Waals surface area (Å²) in [4.78, 5) is 158. The number of likely N-dealkylation sites (tertiary alicyclic amines) is 2. The maximum Gasteiger partial charge on any atom is 0.411 e. The van der Waals surface area contributed by atoms with Crippen LogP contribution >= 0.6 is 27.7 Å². The fourth-order valence-corrected chi connectivity index (χ4v) is 6.02. The second-order valence-corrected chi connectivity index (χ2v) is 17.1. The van der Waals surface area contributed by atoms with Crippen molar-refractivity contribution in [2.45, 2.75) is 57.1 Å². The minimum Gasteiger partial charge on any atom is -0.480 e. The Morgan fingerprint density at radius 1 is 0.638 bits per heavy atom. The number of carboxylic acids is 3. The average molecular weight is 1170 g/mol. The Labute approximate surface area is 453 Å². The van der Waals surface area contributed by atoms with E-state index in [4.69, 9.17) is 20.1 Å². The average Bonchev–Trinajstić information content (AvgIpc) is 3.85. The molecule has 4 heterocycles. The molecule has 0 aliphatic carbocycles. The van der Waals surface area contributed by atoms with Crippen LogP contribution in [0.5, 0.6) is 0 Å². The maximum absolute atomic E-state index is 12.7. The molecule has 0 spiro atoms. The monoisotopic (exact) mass is 1170 g/mol. The van der Waals surface area contributed by atoms with Crippen molar-refractivity contribution < 1.29 is 153 Å². The van der Waals surface area contributed by atoms with Gasteiger partial charge in [-0.15, -0.1) is 18.5 Å². The van der Waals surface area contributed by atoms with E-state index in [0.717, 1.165) is 37.3 Å². The summed E-state index contributed by atoms with van der Waals surface area (Å²) in [7, 11) is 13.0.